The number of ether oxygens (including phenoxy) is 4. The van der Waals surface area contributed by atoms with Crippen molar-refractivity contribution in [3.05, 3.63) is 93.3 Å². The van der Waals surface area contributed by atoms with Gasteiger partial charge in [0.25, 0.3) is 5.91 Å². The predicted molar refractivity (Wildman–Crippen MR) is 131 cm³/mol. The van der Waals surface area contributed by atoms with Crippen molar-refractivity contribution in [2.75, 3.05) is 20.5 Å². The Kier molecular flexibility index (Phi) is 5.29. The third-order valence-corrected chi connectivity index (χ3v) is 6.47. The number of benzene rings is 3. The summed E-state index contributed by atoms with van der Waals surface area (Å²) in [5.74, 6) is 2.08. The smallest absolute Gasteiger partial charge is 0.291 e. The van der Waals surface area contributed by atoms with Crippen molar-refractivity contribution in [2.24, 2.45) is 0 Å². The van der Waals surface area contributed by atoms with Gasteiger partial charge in [-0.05, 0) is 54.4 Å². The molecule has 36 heavy (non-hydrogen) atoms. The SMILES string of the molecule is CCOc1ccc(C2c3c(oc4ccccc4c3=O)C(=O)N2Cc2ccc3c(c2)OCO3)cc1OC. The molecule has 3 heterocycles. The van der Waals surface area contributed by atoms with Gasteiger partial charge in [-0.3, -0.25) is 9.59 Å². The first-order valence-electron chi connectivity index (χ1n) is 11.6. The van der Waals surface area contributed by atoms with Crippen LogP contribution in [0.2, 0.25) is 0 Å². The quantitative estimate of drug-likeness (QED) is 0.392. The first-order chi connectivity index (χ1) is 17.6. The fourth-order valence-electron chi connectivity index (χ4n) is 4.84. The van der Waals surface area contributed by atoms with E-state index in [2.05, 4.69) is 0 Å². The molecule has 0 saturated heterocycles. The number of para-hydroxylation sites is 1. The minimum atomic E-state index is -0.677. The maximum atomic E-state index is 13.7. The lowest BCUT2D eigenvalue weighted by Crippen LogP contribution is -2.29. The Bertz CT molecular complexity index is 1560. The van der Waals surface area contributed by atoms with Crippen LogP contribution >= 0.6 is 0 Å². The van der Waals surface area contributed by atoms with E-state index in [-0.39, 0.29) is 30.4 Å². The van der Waals surface area contributed by atoms with Gasteiger partial charge in [0, 0.05) is 6.54 Å². The van der Waals surface area contributed by atoms with Crippen molar-refractivity contribution in [1.29, 1.82) is 0 Å². The van der Waals surface area contributed by atoms with Crippen LogP contribution in [0.25, 0.3) is 11.0 Å². The average molecular weight is 485 g/mol. The molecule has 2 aliphatic heterocycles. The Morgan fingerprint density at radius 1 is 0.972 bits per heavy atom. The second-order valence-corrected chi connectivity index (χ2v) is 8.54. The fraction of sp³-hybridized carbons (Fsp3) is 0.214. The normalized spacial score (nSPS) is 15.9. The van der Waals surface area contributed by atoms with E-state index < -0.39 is 6.04 Å². The summed E-state index contributed by atoms with van der Waals surface area (Å²) in [4.78, 5) is 29.1. The Hall–Kier alpha value is -4.46. The number of hydrogen-bond donors (Lipinski definition) is 0. The number of hydrogen-bond acceptors (Lipinski definition) is 7. The van der Waals surface area contributed by atoms with E-state index in [0.29, 0.717) is 51.7 Å². The van der Waals surface area contributed by atoms with E-state index in [9.17, 15) is 9.59 Å². The number of rotatable bonds is 6. The number of methoxy groups -OCH3 is 1. The second kappa shape index (κ2) is 8.64. The molecule has 0 fully saturated rings. The van der Waals surface area contributed by atoms with Crippen molar-refractivity contribution >= 4 is 16.9 Å². The third kappa shape index (κ3) is 3.45. The largest absolute Gasteiger partial charge is 0.493 e. The molecule has 0 radical (unpaired) electrons. The Morgan fingerprint density at radius 3 is 2.64 bits per heavy atom. The molecule has 8 heteroatoms. The van der Waals surface area contributed by atoms with Gasteiger partial charge in [0.2, 0.25) is 12.6 Å². The molecule has 2 aliphatic rings. The van der Waals surface area contributed by atoms with Gasteiger partial charge in [-0.1, -0.05) is 24.3 Å². The molecule has 6 rings (SSSR count). The summed E-state index contributed by atoms with van der Waals surface area (Å²) < 4.78 is 28.2. The van der Waals surface area contributed by atoms with Gasteiger partial charge < -0.3 is 28.3 Å². The zero-order chi connectivity index (χ0) is 24.8. The molecular weight excluding hydrogens is 462 g/mol. The highest BCUT2D eigenvalue weighted by Gasteiger charge is 2.43. The lowest BCUT2D eigenvalue weighted by Gasteiger charge is -2.26. The first kappa shape index (κ1) is 22.0. The zero-order valence-electron chi connectivity index (χ0n) is 19.8. The second-order valence-electron chi connectivity index (χ2n) is 8.54. The van der Waals surface area contributed by atoms with Crippen molar-refractivity contribution in [1.82, 2.24) is 4.90 Å². The minimum Gasteiger partial charge on any atom is -0.493 e. The molecule has 0 aliphatic carbocycles. The molecule has 0 spiro atoms. The summed E-state index contributed by atoms with van der Waals surface area (Å²) in [6.45, 7) is 2.76. The maximum Gasteiger partial charge on any atom is 0.291 e. The van der Waals surface area contributed by atoms with Crippen molar-refractivity contribution in [2.45, 2.75) is 19.5 Å². The topological polar surface area (TPSA) is 87.4 Å². The van der Waals surface area contributed by atoms with Gasteiger partial charge in [0.1, 0.15) is 5.58 Å². The summed E-state index contributed by atoms with van der Waals surface area (Å²) in [5.41, 5.74) is 2.01. The van der Waals surface area contributed by atoms with Gasteiger partial charge in [0.05, 0.1) is 30.7 Å². The Morgan fingerprint density at radius 2 is 1.81 bits per heavy atom. The van der Waals surface area contributed by atoms with Crippen LogP contribution in [0.15, 0.2) is 69.9 Å². The molecule has 3 aromatic carbocycles. The van der Waals surface area contributed by atoms with Crippen molar-refractivity contribution < 1.29 is 28.2 Å². The van der Waals surface area contributed by atoms with Gasteiger partial charge in [0.15, 0.2) is 28.4 Å². The molecule has 182 valence electrons. The molecular formula is C28H23NO7. The van der Waals surface area contributed by atoms with Gasteiger partial charge in [-0.15, -0.1) is 0 Å². The number of carbonyl (C=O) groups excluding carboxylic acids is 1. The van der Waals surface area contributed by atoms with Gasteiger partial charge in [-0.25, -0.2) is 0 Å². The van der Waals surface area contributed by atoms with Crippen LogP contribution in [-0.2, 0) is 6.54 Å². The van der Waals surface area contributed by atoms with E-state index >= 15 is 0 Å². The van der Waals surface area contributed by atoms with E-state index in [4.69, 9.17) is 23.4 Å². The van der Waals surface area contributed by atoms with Crippen LogP contribution in [0.5, 0.6) is 23.0 Å². The van der Waals surface area contributed by atoms with Gasteiger partial charge in [-0.2, -0.15) is 0 Å². The maximum absolute atomic E-state index is 13.7. The Balaban J connectivity index is 1.51. The van der Waals surface area contributed by atoms with Crippen LogP contribution in [0, 0.1) is 0 Å². The van der Waals surface area contributed by atoms with E-state index in [1.165, 1.54) is 0 Å². The molecule has 1 aromatic heterocycles. The standard InChI is InChI=1S/C28H23NO7/c1-3-33-20-11-9-17(13-22(20)32-2)25-24-26(30)18-6-4-5-7-19(18)36-27(24)28(31)29(25)14-16-8-10-21-23(12-16)35-15-34-21/h4-13,25H,3,14-15H2,1-2H3. The van der Waals surface area contributed by atoms with E-state index in [1.807, 2.05) is 31.2 Å². The molecule has 4 aromatic rings. The predicted octanol–water partition coefficient (Wildman–Crippen LogP) is 4.67. The monoisotopic (exact) mass is 485 g/mol. The van der Waals surface area contributed by atoms with E-state index in [0.717, 1.165) is 5.56 Å². The van der Waals surface area contributed by atoms with Crippen LogP contribution in [0.3, 0.4) is 0 Å². The summed E-state index contributed by atoms with van der Waals surface area (Å²) in [6.07, 6.45) is 0. The number of nitrogens with zero attached hydrogens (tertiary/aromatic N) is 1. The molecule has 1 unspecified atom stereocenters. The van der Waals surface area contributed by atoms with E-state index in [1.54, 1.807) is 48.4 Å². The minimum absolute atomic E-state index is 0.0531. The third-order valence-electron chi connectivity index (χ3n) is 6.47. The van der Waals surface area contributed by atoms with Crippen molar-refractivity contribution in [3.63, 3.8) is 0 Å². The summed E-state index contributed by atoms with van der Waals surface area (Å²) in [5, 5.41) is 0.428. The molecule has 8 nitrogen and oxygen atoms in total. The average Bonchev–Trinajstić information content (AvgIpc) is 3.47. The van der Waals surface area contributed by atoms with Crippen LogP contribution in [-0.4, -0.2) is 31.3 Å². The Labute approximate surface area is 206 Å². The van der Waals surface area contributed by atoms with Gasteiger partial charge >= 0.3 is 0 Å². The van der Waals surface area contributed by atoms with Crippen LogP contribution < -0.4 is 24.4 Å². The highest BCUT2D eigenvalue weighted by Crippen LogP contribution is 2.42. The number of fused-ring (bicyclic) bond motifs is 3. The zero-order valence-corrected chi connectivity index (χ0v) is 19.8. The molecule has 1 amide bonds. The van der Waals surface area contributed by atoms with Crippen LogP contribution in [0.4, 0.5) is 0 Å². The first-order valence-corrected chi connectivity index (χ1v) is 11.6. The molecule has 0 bridgehead atoms. The summed E-state index contributed by atoms with van der Waals surface area (Å²) >= 11 is 0. The molecule has 1 atom stereocenters. The highest BCUT2D eigenvalue weighted by atomic mass is 16.7. The molecule has 0 N–H and O–H groups in total. The highest BCUT2D eigenvalue weighted by molar-refractivity contribution is 5.99. The molecule has 0 saturated carbocycles. The summed E-state index contributed by atoms with van der Waals surface area (Å²) in [7, 11) is 1.56. The van der Waals surface area contributed by atoms with Crippen molar-refractivity contribution in [3.8, 4) is 23.0 Å². The fourth-order valence-corrected chi connectivity index (χ4v) is 4.84. The number of carbonyl (C=O) groups is 1. The summed E-state index contributed by atoms with van der Waals surface area (Å²) in [6, 6.07) is 17.3. The lowest BCUT2D eigenvalue weighted by atomic mass is 9.97. The lowest BCUT2D eigenvalue weighted by molar-refractivity contribution is 0.0714. The van der Waals surface area contributed by atoms with Crippen LogP contribution in [0.1, 0.15) is 40.2 Å². The number of amides is 1.